The Morgan fingerprint density at radius 3 is 3.00 bits per heavy atom. The molecule has 3 heteroatoms. The summed E-state index contributed by atoms with van der Waals surface area (Å²) in [5, 5.41) is 3.56. The van der Waals surface area contributed by atoms with Crippen LogP contribution in [0.1, 0.15) is 5.56 Å². The van der Waals surface area contributed by atoms with Crippen LogP contribution in [0.15, 0.2) is 60.0 Å². The van der Waals surface area contributed by atoms with Crippen molar-refractivity contribution in [3.05, 3.63) is 65.5 Å². The van der Waals surface area contributed by atoms with E-state index >= 15 is 0 Å². The van der Waals surface area contributed by atoms with Crippen molar-refractivity contribution in [2.45, 2.75) is 6.04 Å². The zero-order chi connectivity index (χ0) is 13.7. The number of hydrogen-bond donors (Lipinski definition) is 1. The Kier molecular flexibility index (Phi) is 2.30. The molecule has 4 rings (SSSR count). The number of hydrogen-bond acceptors (Lipinski definition) is 3. The predicted molar refractivity (Wildman–Crippen MR) is 81.5 cm³/mol. The molecular formula is C17H16N2O. The van der Waals surface area contributed by atoms with Crippen LogP contribution in [-0.2, 0) is 0 Å². The standard InChI is InChI=1S/C17H16N2O/c1-19-8-7-13-11(10-19)3-5-16-17(13)14-9-12(20-2)4-6-15(14)18-16/h3-10,16,18H,1-2H3. The maximum absolute atomic E-state index is 5.36. The van der Waals surface area contributed by atoms with Gasteiger partial charge in [0.2, 0.25) is 0 Å². The average Bonchev–Trinajstić information content (AvgIpc) is 2.84. The maximum Gasteiger partial charge on any atom is 0.119 e. The molecule has 20 heavy (non-hydrogen) atoms. The number of ether oxygens (including phenoxy) is 1. The van der Waals surface area contributed by atoms with E-state index in [1.807, 2.05) is 6.07 Å². The van der Waals surface area contributed by atoms with Gasteiger partial charge in [-0.1, -0.05) is 12.2 Å². The van der Waals surface area contributed by atoms with Gasteiger partial charge in [-0.25, -0.2) is 0 Å². The summed E-state index contributed by atoms with van der Waals surface area (Å²) in [4.78, 5) is 2.08. The minimum atomic E-state index is 0.261. The van der Waals surface area contributed by atoms with Crippen LogP contribution in [-0.4, -0.2) is 25.1 Å². The van der Waals surface area contributed by atoms with E-state index in [9.17, 15) is 0 Å². The molecule has 1 atom stereocenters. The maximum atomic E-state index is 5.36. The molecule has 100 valence electrons. The van der Waals surface area contributed by atoms with E-state index in [0.717, 1.165) is 5.75 Å². The molecule has 2 aliphatic heterocycles. The van der Waals surface area contributed by atoms with E-state index in [1.165, 1.54) is 28.0 Å². The highest BCUT2D eigenvalue weighted by atomic mass is 16.5. The van der Waals surface area contributed by atoms with Crippen molar-refractivity contribution in [1.82, 2.24) is 4.90 Å². The van der Waals surface area contributed by atoms with Gasteiger partial charge < -0.3 is 15.0 Å². The highest BCUT2D eigenvalue weighted by Crippen LogP contribution is 2.44. The Morgan fingerprint density at radius 1 is 1.25 bits per heavy atom. The quantitative estimate of drug-likeness (QED) is 0.843. The molecule has 3 aliphatic rings. The second kappa shape index (κ2) is 4.04. The van der Waals surface area contributed by atoms with Gasteiger partial charge in [0.05, 0.1) is 13.2 Å². The third-order valence-electron chi connectivity index (χ3n) is 4.03. The van der Waals surface area contributed by atoms with E-state index in [0.29, 0.717) is 0 Å². The molecule has 2 heterocycles. The van der Waals surface area contributed by atoms with Gasteiger partial charge >= 0.3 is 0 Å². The Balaban J connectivity index is 1.92. The van der Waals surface area contributed by atoms with Crippen LogP contribution in [0.5, 0.6) is 5.75 Å². The predicted octanol–water partition coefficient (Wildman–Crippen LogP) is 3.16. The van der Waals surface area contributed by atoms with E-state index in [1.54, 1.807) is 7.11 Å². The van der Waals surface area contributed by atoms with Gasteiger partial charge in [-0.05, 0) is 41.0 Å². The molecule has 0 spiro atoms. The first-order valence-electron chi connectivity index (χ1n) is 6.76. The van der Waals surface area contributed by atoms with Gasteiger partial charge in [-0.2, -0.15) is 0 Å². The summed E-state index contributed by atoms with van der Waals surface area (Å²) in [5.41, 5.74) is 6.33. The fourth-order valence-corrected chi connectivity index (χ4v) is 3.06. The Hall–Kier alpha value is -2.42. The first kappa shape index (κ1) is 11.4. The summed E-state index contributed by atoms with van der Waals surface area (Å²) in [6.07, 6.45) is 10.9. The topological polar surface area (TPSA) is 24.5 Å². The lowest BCUT2D eigenvalue weighted by Crippen LogP contribution is -2.18. The minimum absolute atomic E-state index is 0.261. The average molecular weight is 264 g/mol. The summed E-state index contributed by atoms with van der Waals surface area (Å²) in [6, 6.07) is 6.47. The van der Waals surface area contributed by atoms with E-state index < -0.39 is 0 Å². The smallest absolute Gasteiger partial charge is 0.119 e. The van der Waals surface area contributed by atoms with Crippen molar-refractivity contribution in [3.8, 4) is 5.75 Å². The fraction of sp³-hybridized carbons (Fsp3) is 0.176. The van der Waals surface area contributed by atoms with Crippen LogP contribution in [0.3, 0.4) is 0 Å². The van der Waals surface area contributed by atoms with Gasteiger partial charge in [0, 0.05) is 30.7 Å². The first-order chi connectivity index (χ1) is 9.76. The molecule has 0 amide bonds. The van der Waals surface area contributed by atoms with Crippen LogP contribution >= 0.6 is 0 Å². The number of rotatable bonds is 1. The highest BCUT2D eigenvalue weighted by Gasteiger charge is 2.31. The largest absolute Gasteiger partial charge is 0.497 e. The molecule has 1 unspecified atom stereocenters. The lowest BCUT2D eigenvalue weighted by atomic mass is 9.86. The first-order valence-corrected chi connectivity index (χ1v) is 6.76. The summed E-state index contributed by atoms with van der Waals surface area (Å²) in [6.45, 7) is 0. The van der Waals surface area contributed by atoms with Crippen LogP contribution in [0.4, 0.5) is 5.69 Å². The molecule has 3 nitrogen and oxygen atoms in total. The van der Waals surface area contributed by atoms with Crippen molar-refractivity contribution >= 4 is 11.3 Å². The molecule has 1 aromatic carbocycles. The molecule has 0 radical (unpaired) electrons. The normalized spacial score (nSPS) is 22.0. The van der Waals surface area contributed by atoms with E-state index in [2.05, 4.69) is 60.0 Å². The Morgan fingerprint density at radius 2 is 2.15 bits per heavy atom. The number of methoxy groups -OCH3 is 1. The van der Waals surface area contributed by atoms with E-state index in [4.69, 9.17) is 4.74 Å². The second-order valence-electron chi connectivity index (χ2n) is 5.29. The monoisotopic (exact) mass is 264 g/mol. The third-order valence-corrected chi connectivity index (χ3v) is 4.03. The highest BCUT2D eigenvalue weighted by molar-refractivity contribution is 5.94. The minimum Gasteiger partial charge on any atom is -0.497 e. The molecular weight excluding hydrogens is 248 g/mol. The Labute approximate surface area is 118 Å². The van der Waals surface area contributed by atoms with Gasteiger partial charge in [-0.3, -0.25) is 0 Å². The van der Waals surface area contributed by atoms with E-state index in [-0.39, 0.29) is 6.04 Å². The van der Waals surface area contributed by atoms with Gasteiger partial charge in [0.25, 0.3) is 0 Å². The molecule has 0 saturated heterocycles. The number of fused-ring (bicyclic) bond motifs is 4. The second-order valence-corrected chi connectivity index (χ2v) is 5.29. The summed E-state index contributed by atoms with van der Waals surface area (Å²) in [5.74, 6) is 0.899. The van der Waals surface area contributed by atoms with Crippen molar-refractivity contribution in [3.63, 3.8) is 0 Å². The SMILES string of the molecule is COc1ccc2c(c1)C1=C3C=CN(C)C=C3C=CC1N2. The zero-order valence-corrected chi connectivity index (χ0v) is 11.6. The van der Waals surface area contributed by atoms with Crippen molar-refractivity contribution in [2.24, 2.45) is 0 Å². The molecule has 0 bridgehead atoms. The Bertz CT molecular complexity index is 710. The fourth-order valence-electron chi connectivity index (χ4n) is 3.06. The number of benzene rings is 1. The van der Waals surface area contributed by atoms with Crippen LogP contribution in [0.25, 0.3) is 5.57 Å². The lowest BCUT2D eigenvalue weighted by molar-refractivity contribution is 0.415. The number of anilines is 1. The summed E-state index contributed by atoms with van der Waals surface area (Å²) >= 11 is 0. The van der Waals surface area contributed by atoms with Crippen LogP contribution in [0, 0.1) is 0 Å². The molecule has 0 aromatic heterocycles. The number of nitrogens with one attached hydrogen (secondary N) is 1. The van der Waals surface area contributed by atoms with Crippen molar-refractivity contribution in [1.29, 1.82) is 0 Å². The molecule has 1 aliphatic carbocycles. The lowest BCUT2D eigenvalue weighted by Gasteiger charge is -2.24. The van der Waals surface area contributed by atoms with Crippen molar-refractivity contribution in [2.75, 3.05) is 19.5 Å². The molecule has 0 fully saturated rings. The molecule has 1 aromatic rings. The van der Waals surface area contributed by atoms with Gasteiger partial charge in [0.1, 0.15) is 5.75 Å². The van der Waals surface area contributed by atoms with Crippen LogP contribution in [0.2, 0.25) is 0 Å². The zero-order valence-electron chi connectivity index (χ0n) is 11.6. The third kappa shape index (κ3) is 1.53. The van der Waals surface area contributed by atoms with Gasteiger partial charge in [-0.15, -0.1) is 0 Å². The van der Waals surface area contributed by atoms with Crippen molar-refractivity contribution < 1.29 is 4.74 Å². The number of nitrogens with zero attached hydrogens (tertiary/aromatic N) is 1. The van der Waals surface area contributed by atoms with Crippen LogP contribution < -0.4 is 10.1 Å². The molecule has 1 N–H and O–H groups in total. The molecule has 0 saturated carbocycles. The van der Waals surface area contributed by atoms with Gasteiger partial charge in [0.15, 0.2) is 0 Å². The summed E-state index contributed by atoms with van der Waals surface area (Å²) in [7, 11) is 3.76. The number of allylic oxidation sites excluding steroid dienone is 4. The summed E-state index contributed by atoms with van der Waals surface area (Å²) < 4.78 is 5.36.